The number of alkyl carbamates (subject to hydrolysis) is 1. The minimum Gasteiger partial charge on any atom is -0.453 e. The third-order valence-electron chi connectivity index (χ3n) is 2.73. The van der Waals surface area contributed by atoms with Crippen molar-refractivity contribution in [1.82, 2.24) is 5.32 Å². The maximum atomic E-state index is 11.6. The fourth-order valence-electron chi connectivity index (χ4n) is 1.92. The summed E-state index contributed by atoms with van der Waals surface area (Å²) in [4.78, 5) is 22.5. The van der Waals surface area contributed by atoms with Crippen molar-refractivity contribution in [2.45, 2.75) is 32.2 Å². The van der Waals surface area contributed by atoms with Crippen LogP contribution in [0.4, 0.5) is 4.79 Å². The smallest absolute Gasteiger partial charge is 0.407 e. The van der Waals surface area contributed by atoms with Crippen LogP contribution in [0.3, 0.4) is 0 Å². The van der Waals surface area contributed by atoms with Gasteiger partial charge in [-0.2, -0.15) is 0 Å². The SMILES string of the molecule is C=C(C)C(=O)[C@@H]1CC[C@H](NC(=O)OC)C1. The van der Waals surface area contributed by atoms with Crippen molar-refractivity contribution in [1.29, 1.82) is 0 Å². The third kappa shape index (κ3) is 3.08. The maximum Gasteiger partial charge on any atom is 0.407 e. The minimum absolute atomic E-state index is 0.0182. The summed E-state index contributed by atoms with van der Waals surface area (Å²) in [6.07, 6.45) is 1.92. The fourth-order valence-corrected chi connectivity index (χ4v) is 1.92. The number of hydrogen-bond donors (Lipinski definition) is 1. The van der Waals surface area contributed by atoms with Crippen LogP contribution in [0.1, 0.15) is 26.2 Å². The van der Waals surface area contributed by atoms with Crippen molar-refractivity contribution in [2.75, 3.05) is 7.11 Å². The van der Waals surface area contributed by atoms with E-state index in [4.69, 9.17) is 0 Å². The van der Waals surface area contributed by atoms with Crippen LogP contribution in [-0.4, -0.2) is 25.0 Å². The van der Waals surface area contributed by atoms with Gasteiger partial charge in [0.05, 0.1) is 7.11 Å². The van der Waals surface area contributed by atoms with E-state index >= 15 is 0 Å². The van der Waals surface area contributed by atoms with Gasteiger partial charge >= 0.3 is 6.09 Å². The Morgan fingerprint density at radius 3 is 2.60 bits per heavy atom. The predicted molar refractivity (Wildman–Crippen MR) is 56.5 cm³/mol. The molecular weight excluding hydrogens is 194 g/mol. The summed E-state index contributed by atoms with van der Waals surface area (Å²) >= 11 is 0. The Morgan fingerprint density at radius 1 is 1.40 bits per heavy atom. The Balaban J connectivity index is 2.42. The molecule has 0 aliphatic heterocycles. The van der Waals surface area contributed by atoms with Gasteiger partial charge in [-0.15, -0.1) is 0 Å². The Morgan fingerprint density at radius 2 is 2.07 bits per heavy atom. The number of carbonyl (C=O) groups excluding carboxylic acids is 2. The average Bonchev–Trinajstić information content (AvgIpc) is 2.64. The van der Waals surface area contributed by atoms with E-state index in [9.17, 15) is 9.59 Å². The van der Waals surface area contributed by atoms with Crippen LogP contribution >= 0.6 is 0 Å². The number of methoxy groups -OCH3 is 1. The van der Waals surface area contributed by atoms with Crippen molar-refractivity contribution in [2.24, 2.45) is 5.92 Å². The molecular formula is C11H17NO3. The molecule has 1 fully saturated rings. The van der Waals surface area contributed by atoms with E-state index in [-0.39, 0.29) is 17.7 Å². The standard InChI is InChI=1S/C11H17NO3/c1-7(2)10(13)8-4-5-9(6-8)12-11(14)15-3/h8-9H,1,4-6H2,2-3H3,(H,12,14)/t8-,9+/m1/s1. The highest BCUT2D eigenvalue weighted by atomic mass is 16.5. The molecule has 0 radical (unpaired) electrons. The van der Waals surface area contributed by atoms with E-state index in [0.29, 0.717) is 12.0 Å². The average molecular weight is 211 g/mol. The van der Waals surface area contributed by atoms with E-state index < -0.39 is 6.09 Å². The monoisotopic (exact) mass is 211 g/mol. The number of ketones is 1. The minimum atomic E-state index is -0.427. The summed E-state index contributed by atoms with van der Waals surface area (Å²) in [5, 5.41) is 2.71. The fraction of sp³-hybridized carbons (Fsp3) is 0.636. The Hall–Kier alpha value is -1.32. The lowest BCUT2D eigenvalue weighted by molar-refractivity contribution is -0.119. The molecule has 0 bridgehead atoms. The van der Waals surface area contributed by atoms with Crippen LogP contribution in [-0.2, 0) is 9.53 Å². The molecule has 0 spiro atoms. The highest BCUT2D eigenvalue weighted by Crippen LogP contribution is 2.28. The van der Waals surface area contributed by atoms with E-state index in [0.717, 1.165) is 12.8 Å². The van der Waals surface area contributed by atoms with Gasteiger partial charge in [0.1, 0.15) is 0 Å². The molecule has 1 amide bonds. The largest absolute Gasteiger partial charge is 0.453 e. The number of Topliss-reactive ketones (excluding diaryl/α,β-unsaturated/α-hetero) is 1. The van der Waals surface area contributed by atoms with Gasteiger partial charge in [0.25, 0.3) is 0 Å². The Labute approximate surface area is 89.7 Å². The zero-order valence-corrected chi connectivity index (χ0v) is 9.21. The third-order valence-corrected chi connectivity index (χ3v) is 2.73. The molecule has 0 aromatic rings. The lowest BCUT2D eigenvalue weighted by Gasteiger charge is -2.11. The van der Waals surface area contributed by atoms with Crippen LogP contribution in [0.2, 0.25) is 0 Å². The van der Waals surface area contributed by atoms with Crippen LogP contribution < -0.4 is 5.32 Å². The molecule has 4 nitrogen and oxygen atoms in total. The second-order valence-corrected chi connectivity index (χ2v) is 3.99. The van der Waals surface area contributed by atoms with Gasteiger partial charge < -0.3 is 10.1 Å². The zero-order chi connectivity index (χ0) is 11.4. The normalized spacial score (nSPS) is 24.7. The van der Waals surface area contributed by atoms with E-state index in [2.05, 4.69) is 16.6 Å². The molecule has 4 heteroatoms. The number of amides is 1. The van der Waals surface area contributed by atoms with Gasteiger partial charge in [-0.1, -0.05) is 6.58 Å². The second-order valence-electron chi connectivity index (χ2n) is 3.99. The summed E-state index contributed by atoms with van der Waals surface area (Å²) < 4.78 is 4.50. The molecule has 0 saturated heterocycles. The molecule has 84 valence electrons. The first-order valence-electron chi connectivity index (χ1n) is 5.08. The second kappa shape index (κ2) is 4.96. The highest BCUT2D eigenvalue weighted by molar-refractivity contribution is 5.96. The van der Waals surface area contributed by atoms with Crippen molar-refractivity contribution in [3.63, 3.8) is 0 Å². The van der Waals surface area contributed by atoms with Gasteiger partial charge in [-0.25, -0.2) is 4.79 Å². The number of hydrogen-bond acceptors (Lipinski definition) is 3. The number of nitrogens with one attached hydrogen (secondary N) is 1. The molecule has 1 rings (SSSR count). The molecule has 0 aromatic carbocycles. The summed E-state index contributed by atoms with van der Waals surface area (Å²) in [6, 6.07) is 0.0609. The topological polar surface area (TPSA) is 55.4 Å². The van der Waals surface area contributed by atoms with Crippen LogP contribution in [0.25, 0.3) is 0 Å². The summed E-state index contributed by atoms with van der Waals surface area (Å²) in [6.45, 7) is 5.37. The molecule has 1 N–H and O–H groups in total. The molecule has 0 aromatic heterocycles. The zero-order valence-electron chi connectivity index (χ0n) is 9.21. The first kappa shape index (κ1) is 11.8. The summed E-state index contributed by atoms with van der Waals surface area (Å²) in [5.74, 6) is 0.133. The van der Waals surface area contributed by atoms with Gasteiger partial charge in [0.2, 0.25) is 0 Å². The van der Waals surface area contributed by atoms with E-state index in [1.807, 2.05) is 0 Å². The predicted octanol–water partition coefficient (Wildman–Crippen LogP) is 1.66. The molecule has 15 heavy (non-hydrogen) atoms. The van der Waals surface area contributed by atoms with Crippen LogP contribution in [0, 0.1) is 5.92 Å². The number of ether oxygens (including phenoxy) is 1. The maximum absolute atomic E-state index is 11.6. The van der Waals surface area contributed by atoms with Gasteiger partial charge in [-0.3, -0.25) is 4.79 Å². The highest BCUT2D eigenvalue weighted by Gasteiger charge is 2.30. The van der Waals surface area contributed by atoms with Crippen molar-refractivity contribution in [3.05, 3.63) is 12.2 Å². The quantitative estimate of drug-likeness (QED) is 0.722. The van der Waals surface area contributed by atoms with E-state index in [1.54, 1.807) is 6.92 Å². The summed E-state index contributed by atoms with van der Waals surface area (Å²) in [5.41, 5.74) is 0.596. The molecule has 1 saturated carbocycles. The molecule has 0 heterocycles. The Kier molecular flexibility index (Phi) is 3.88. The number of allylic oxidation sites excluding steroid dienone is 1. The van der Waals surface area contributed by atoms with Gasteiger partial charge in [0, 0.05) is 12.0 Å². The first-order valence-corrected chi connectivity index (χ1v) is 5.08. The van der Waals surface area contributed by atoms with Crippen molar-refractivity contribution in [3.8, 4) is 0 Å². The molecule has 0 unspecified atom stereocenters. The molecule has 2 atom stereocenters. The van der Waals surface area contributed by atoms with Crippen LogP contribution in [0.15, 0.2) is 12.2 Å². The van der Waals surface area contributed by atoms with Gasteiger partial charge in [-0.05, 0) is 31.8 Å². The van der Waals surface area contributed by atoms with Crippen molar-refractivity contribution < 1.29 is 14.3 Å². The number of rotatable bonds is 3. The lowest BCUT2D eigenvalue weighted by atomic mass is 9.98. The molecule has 1 aliphatic rings. The number of carbonyl (C=O) groups is 2. The Bertz CT molecular complexity index is 286. The first-order chi connectivity index (χ1) is 7.04. The van der Waals surface area contributed by atoms with Gasteiger partial charge in [0.15, 0.2) is 5.78 Å². The van der Waals surface area contributed by atoms with E-state index in [1.165, 1.54) is 7.11 Å². The summed E-state index contributed by atoms with van der Waals surface area (Å²) in [7, 11) is 1.33. The van der Waals surface area contributed by atoms with Crippen molar-refractivity contribution >= 4 is 11.9 Å². The lowest BCUT2D eigenvalue weighted by Crippen LogP contribution is -2.33. The molecule has 1 aliphatic carbocycles. The van der Waals surface area contributed by atoms with Crippen LogP contribution in [0.5, 0.6) is 0 Å².